The largest absolute Gasteiger partial charge is 0.326 e. The van der Waals surface area contributed by atoms with Crippen molar-refractivity contribution in [3.63, 3.8) is 0 Å². The molecule has 1 saturated heterocycles. The van der Waals surface area contributed by atoms with Gasteiger partial charge in [0.05, 0.1) is 12.4 Å². The number of hydrogen-bond acceptors (Lipinski definition) is 5. The average Bonchev–Trinajstić information content (AvgIpc) is 2.92. The molecule has 3 N–H and O–H groups in total. The van der Waals surface area contributed by atoms with Crippen LogP contribution in [0, 0.1) is 0 Å². The first-order valence-electron chi connectivity index (χ1n) is 7.70. The number of amides is 3. The van der Waals surface area contributed by atoms with E-state index in [4.69, 9.17) is 5.73 Å². The molecule has 1 aliphatic rings. The van der Waals surface area contributed by atoms with E-state index >= 15 is 0 Å². The first-order chi connectivity index (χ1) is 12.1. The van der Waals surface area contributed by atoms with Crippen molar-refractivity contribution in [2.24, 2.45) is 5.73 Å². The van der Waals surface area contributed by atoms with Gasteiger partial charge in [-0.2, -0.15) is 0 Å². The summed E-state index contributed by atoms with van der Waals surface area (Å²) in [5.74, 6) is -0.477. The summed E-state index contributed by atoms with van der Waals surface area (Å²) in [5, 5.41) is 2.54. The number of rotatable bonds is 5. The van der Waals surface area contributed by atoms with Gasteiger partial charge in [0.15, 0.2) is 5.54 Å². The number of hydrogen-bond donors (Lipinski definition) is 2. The second-order valence-corrected chi connectivity index (χ2v) is 6.50. The molecule has 0 bridgehead atoms. The van der Waals surface area contributed by atoms with Crippen molar-refractivity contribution in [2.75, 3.05) is 12.4 Å². The van der Waals surface area contributed by atoms with Gasteiger partial charge < -0.3 is 11.1 Å². The fourth-order valence-corrected chi connectivity index (χ4v) is 3.45. The molecule has 3 rings (SSSR count). The summed E-state index contributed by atoms with van der Waals surface area (Å²) < 4.78 is 0. The van der Waals surface area contributed by atoms with E-state index in [0.717, 1.165) is 16.7 Å². The molecule has 0 saturated carbocycles. The molecule has 1 aliphatic heterocycles. The first-order valence-corrected chi connectivity index (χ1v) is 8.69. The number of urea groups is 1. The molecular weight excluding hydrogens is 338 g/mol. The van der Waals surface area contributed by atoms with Crippen LogP contribution in [0.2, 0.25) is 0 Å². The monoisotopic (exact) mass is 355 g/mol. The zero-order chi connectivity index (χ0) is 17.9. The van der Waals surface area contributed by atoms with Crippen molar-refractivity contribution >= 4 is 28.8 Å². The maximum absolute atomic E-state index is 13.2. The number of carbonyl (C=O) groups excluding carboxylic acids is 3. The van der Waals surface area contributed by atoms with Gasteiger partial charge in [-0.3, -0.25) is 14.5 Å². The third kappa shape index (κ3) is 3.04. The number of nitrogens with two attached hydrogens (primary N) is 1. The Kier molecular flexibility index (Phi) is 4.87. The van der Waals surface area contributed by atoms with Crippen LogP contribution < -0.4 is 11.1 Å². The highest BCUT2D eigenvalue weighted by molar-refractivity contribution is 8.13. The quantitative estimate of drug-likeness (QED) is 0.796. The zero-order valence-corrected chi connectivity index (χ0v) is 14.2. The van der Waals surface area contributed by atoms with Crippen LogP contribution in [0.5, 0.6) is 0 Å². The van der Waals surface area contributed by atoms with Crippen molar-refractivity contribution < 1.29 is 14.4 Å². The van der Waals surface area contributed by atoms with Gasteiger partial charge in [0, 0.05) is 0 Å². The van der Waals surface area contributed by atoms with Crippen LogP contribution in [0.25, 0.3) is 0 Å². The summed E-state index contributed by atoms with van der Waals surface area (Å²) in [6.07, 6.45) is 0. The van der Waals surface area contributed by atoms with Crippen LogP contribution in [0.15, 0.2) is 60.7 Å². The van der Waals surface area contributed by atoms with Crippen molar-refractivity contribution in [3.8, 4) is 0 Å². The second-order valence-electron chi connectivity index (χ2n) is 5.49. The SMILES string of the molecule is NCC(=O)SCN1C(=O)NC(c2ccccc2)(c2ccccc2)C1=O. The van der Waals surface area contributed by atoms with Gasteiger partial charge in [-0.25, -0.2) is 4.79 Å². The van der Waals surface area contributed by atoms with E-state index in [9.17, 15) is 14.4 Å². The molecule has 25 heavy (non-hydrogen) atoms. The lowest BCUT2D eigenvalue weighted by Gasteiger charge is -2.27. The third-order valence-electron chi connectivity index (χ3n) is 4.04. The second kappa shape index (κ2) is 7.08. The molecule has 2 aromatic rings. The van der Waals surface area contributed by atoms with E-state index in [1.165, 1.54) is 0 Å². The highest BCUT2D eigenvalue weighted by Crippen LogP contribution is 2.36. The Hall–Kier alpha value is -2.64. The Morgan fingerprint density at radius 1 is 1.00 bits per heavy atom. The predicted octanol–water partition coefficient (Wildman–Crippen LogP) is 1.66. The van der Waals surface area contributed by atoms with Gasteiger partial charge in [-0.15, -0.1) is 0 Å². The lowest BCUT2D eigenvalue weighted by atomic mass is 9.83. The summed E-state index contributed by atoms with van der Waals surface area (Å²) in [5.41, 5.74) is 5.32. The minimum absolute atomic E-state index is 0.0673. The summed E-state index contributed by atoms with van der Waals surface area (Å²) in [4.78, 5) is 38.2. The molecule has 0 unspecified atom stereocenters. The highest BCUT2D eigenvalue weighted by Gasteiger charge is 2.53. The smallest absolute Gasteiger partial charge is 0.323 e. The van der Waals surface area contributed by atoms with Crippen molar-refractivity contribution in [3.05, 3.63) is 71.8 Å². The van der Waals surface area contributed by atoms with Crippen LogP contribution in [-0.2, 0) is 15.1 Å². The molecule has 6 nitrogen and oxygen atoms in total. The summed E-state index contributed by atoms with van der Waals surface area (Å²) in [6, 6.07) is 17.6. The molecule has 0 radical (unpaired) electrons. The number of imide groups is 1. The van der Waals surface area contributed by atoms with Crippen molar-refractivity contribution in [1.82, 2.24) is 10.2 Å². The number of nitrogens with one attached hydrogen (secondary N) is 1. The van der Waals surface area contributed by atoms with Gasteiger partial charge in [0.2, 0.25) is 5.12 Å². The molecule has 0 spiro atoms. The number of benzene rings is 2. The topological polar surface area (TPSA) is 92.5 Å². The number of carbonyl (C=O) groups is 3. The normalized spacial score (nSPS) is 16.0. The third-order valence-corrected chi connectivity index (χ3v) is 4.92. The summed E-state index contributed by atoms with van der Waals surface area (Å²) in [7, 11) is 0. The maximum atomic E-state index is 13.2. The Morgan fingerprint density at radius 3 is 2.00 bits per heavy atom. The predicted molar refractivity (Wildman–Crippen MR) is 95.6 cm³/mol. The molecule has 0 atom stereocenters. The van der Waals surface area contributed by atoms with E-state index < -0.39 is 17.5 Å². The Morgan fingerprint density at radius 2 is 1.52 bits per heavy atom. The van der Waals surface area contributed by atoms with Crippen molar-refractivity contribution in [2.45, 2.75) is 5.54 Å². The summed E-state index contributed by atoms with van der Waals surface area (Å²) >= 11 is 0.853. The molecule has 1 fully saturated rings. The molecule has 128 valence electrons. The fraction of sp³-hybridized carbons (Fsp3) is 0.167. The van der Waals surface area contributed by atoms with E-state index in [1.54, 1.807) is 24.3 Å². The van der Waals surface area contributed by atoms with Gasteiger partial charge >= 0.3 is 6.03 Å². The first kappa shape index (κ1) is 17.2. The average molecular weight is 355 g/mol. The standard InChI is InChI=1S/C18H17N3O3S/c19-11-15(22)25-12-21-16(23)18(20-17(21)24,13-7-3-1-4-8-13)14-9-5-2-6-10-14/h1-10H,11-12,19H2,(H,20,24). The Labute approximate surface area is 149 Å². The van der Waals surface area contributed by atoms with E-state index in [1.807, 2.05) is 36.4 Å². The van der Waals surface area contributed by atoms with E-state index in [2.05, 4.69) is 5.32 Å². The maximum Gasteiger partial charge on any atom is 0.326 e. The van der Waals surface area contributed by atoms with Crippen LogP contribution in [-0.4, -0.2) is 34.4 Å². The molecule has 2 aromatic carbocycles. The summed E-state index contributed by atoms with van der Waals surface area (Å²) in [6.45, 7) is -0.142. The van der Waals surface area contributed by atoms with E-state index in [0.29, 0.717) is 11.1 Å². The highest BCUT2D eigenvalue weighted by atomic mass is 32.2. The van der Waals surface area contributed by atoms with Gasteiger partial charge in [0.1, 0.15) is 0 Å². The number of thioether (sulfide) groups is 1. The van der Waals surface area contributed by atoms with Gasteiger partial charge in [0.25, 0.3) is 5.91 Å². The molecule has 0 aromatic heterocycles. The molecule has 3 amide bonds. The molecule has 1 heterocycles. The molecular formula is C18H17N3O3S. The van der Waals surface area contributed by atoms with Crippen LogP contribution >= 0.6 is 11.8 Å². The zero-order valence-electron chi connectivity index (χ0n) is 13.3. The Balaban J connectivity index is 2.03. The molecule has 7 heteroatoms. The lowest BCUT2D eigenvalue weighted by molar-refractivity contribution is -0.129. The van der Waals surface area contributed by atoms with Crippen LogP contribution in [0.4, 0.5) is 4.79 Å². The minimum atomic E-state index is -1.30. The lowest BCUT2D eigenvalue weighted by Crippen LogP contribution is -2.45. The van der Waals surface area contributed by atoms with Crippen molar-refractivity contribution in [1.29, 1.82) is 0 Å². The molecule has 0 aliphatic carbocycles. The minimum Gasteiger partial charge on any atom is -0.323 e. The Bertz CT molecular complexity index is 756. The fourth-order valence-electron chi connectivity index (χ4n) is 2.82. The van der Waals surface area contributed by atoms with Crippen LogP contribution in [0.3, 0.4) is 0 Å². The van der Waals surface area contributed by atoms with Crippen LogP contribution in [0.1, 0.15) is 11.1 Å². The van der Waals surface area contributed by atoms with Gasteiger partial charge in [-0.05, 0) is 11.1 Å². The van der Waals surface area contributed by atoms with E-state index in [-0.39, 0.29) is 17.5 Å². The number of nitrogens with zero attached hydrogens (tertiary/aromatic N) is 1. The van der Waals surface area contributed by atoms with Gasteiger partial charge in [-0.1, -0.05) is 72.4 Å².